The zero-order chi connectivity index (χ0) is 11.3. The summed E-state index contributed by atoms with van der Waals surface area (Å²) in [6, 6.07) is 6.20. The molecule has 15 heavy (non-hydrogen) atoms. The fourth-order valence-corrected chi connectivity index (χ4v) is 1.97. The Morgan fingerprint density at radius 1 is 1.53 bits per heavy atom. The van der Waals surface area contributed by atoms with Gasteiger partial charge >= 0.3 is 0 Å². The van der Waals surface area contributed by atoms with Crippen molar-refractivity contribution in [2.24, 2.45) is 5.73 Å². The van der Waals surface area contributed by atoms with Crippen LogP contribution < -0.4 is 11.1 Å². The summed E-state index contributed by atoms with van der Waals surface area (Å²) in [4.78, 5) is 12.2. The minimum atomic E-state index is -0.123. The molecule has 0 aliphatic rings. The molecule has 0 atom stereocenters. The molecule has 82 valence electrons. The van der Waals surface area contributed by atoms with E-state index in [-0.39, 0.29) is 12.5 Å². The summed E-state index contributed by atoms with van der Waals surface area (Å²) < 4.78 is 0. The van der Waals surface area contributed by atoms with Crippen LogP contribution in [0.2, 0.25) is 0 Å². The van der Waals surface area contributed by atoms with Crippen LogP contribution in [0.1, 0.15) is 11.1 Å². The van der Waals surface area contributed by atoms with Crippen LogP contribution in [0.15, 0.2) is 23.1 Å². The average molecular weight is 224 g/mol. The lowest BCUT2D eigenvalue weighted by atomic mass is 10.1. The molecular formula is C11H16N2OS. The van der Waals surface area contributed by atoms with Crippen molar-refractivity contribution < 1.29 is 4.79 Å². The highest BCUT2D eigenvalue weighted by Crippen LogP contribution is 2.21. The molecule has 0 aliphatic carbocycles. The SMILES string of the molecule is CSc1cc(C)ccc1CNC(=O)CN. The molecule has 0 aliphatic heterocycles. The van der Waals surface area contributed by atoms with Gasteiger partial charge in [0.15, 0.2) is 0 Å². The van der Waals surface area contributed by atoms with Gasteiger partial charge in [-0.25, -0.2) is 0 Å². The molecule has 3 nitrogen and oxygen atoms in total. The predicted molar refractivity (Wildman–Crippen MR) is 63.9 cm³/mol. The van der Waals surface area contributed by atoms with E-state index in [0.717, 1.165) is 5.56 Å². The second kappa shape index (κ2) is 5.78. The number of nitrogens with two attached hydrogens (primary N) is 1. The number of aryl methyl sites for hydroxylation is 1. The zero-order valence-corrected chi connectivity index (χ0v) is 9.86. The summed E-state index contributed by atoms with van der Waals surface area (Å²) in [5.41, 5.74) is 7.58. The number of benzene rings is 1. The molecule has 1 aromatic carbocycles. The summed E-state index contributed by atoms with van der Waals surface area (Å²) in [6.07, 6.45) is 2.03. The van der Waals surface area contributed by atoms with Gasteiger partial charge in [-0.3, -0.25) is 4.79 Å². The van der Waals surface area contributed by atoms with Crippen LogP contribution in [0.25, 0.3) is 0 Å². The van der Waals surface area contributed by atoms with Gasteiger partial charge in [0.05, 0.1) is 6.54 Å². The van der Waals surface area contributed by atoms with Gasteiger partial charge in [-0.05, 0) is 30.4 Å². The van der Waals surface area contributed by atoms with E-state index in [4.69, 9.17) is 5.73 Å². The van der Waals surface area contributed by atoms with E-state index in [1.54, 1.807) is 11.8 Å². The number of amides is 1. The van der Waals surface area contributed by atoms with E-state index in [1.165, 1.54) is 10.5 Å². The molecule has 0 spiro atoms. The molecule has 4 heteroatoms. The number of carbonyl (C=O) groups is 1. The number of carbonyl (C=O) groups excluding carboxylic acids is 1. The van der Waals surface area contributed by atoms with Crippen molar-refractivity contribution in [1.82, 2.24) is 5.32 Å². The van der Waals surface area contributed by atoms with Crippen molar-refractivity contribution in [3.8, 4) is 0 Å². The summed E-state index contributed by atoms with van der Waals surface area (Å²) in [5.74, 6) is -0.123. The third kappa shape index (κ3) is 3.57. The van der Waals surface area contributed by atoms with E-state index in [9.17, 15) is 4.79 Å². The highest BCUT2D eigenvalue weighted by Gasteiger charge is 2.03. The predicted octanol–water partition coefficient (Wildman–Crippen LogP) is 1.29. The van der Waals surface area contributed by atoms with Crippen LogP contribution in [0.3, 0.4) is 0 Å². The number of nitrogens with one attached hydrogen (secondary N) is 1. The molecule has 0 heterocycles. The van der Waals surface area contributed by atoms with Gasteiger partial charge < -0.3 is 11.1 Å². The van der Waals surface area contributed by atoms with Gasteiger partial charge in [0.25, 0.3) is 0 Å². The van der Waals surface area contributed by atoms with Gasteiger partial charge in [-0.15, -0.1) is 11.8 Å². The van der Waals surface area contributed by atoms with Gasteiger partial charge in [-0.2, -0.15) is 0 Å². The molecule has 1 aromatic rings. The van der Waals surface area contributed by atoms with Crippen LogP contribution in [-0.2, 0) is 11.3 Å². The average Bonchev–Trinajstić information content (AvgIpc) is 2.26. The molecule has 0 aromatic heterocycles. The Morgan fingerprint density at radius 2 is 2.27 bits per heavy atom. The fraction of sp³-hybridized carbons (Fsp3) is 0.364. The summed E-state index contributed by atoms with van der Waals surface area (Å²) >= 11 is 1.69. The topological polar surface area (TPSA) is 55.1 Å². The van der Waals surface area contributed by atoms with Crippen molar-refractivity contribution in [2.45, 2.75) is 18.4 Å². The number of hydrogen-bond acceptors (Lipinski definition) is 3. The first kappa shape index (κ1) is 12.1. The van der Waals surface area contributed by atoms with Crippen molar-refractivity contribution in [3.63, 3.8) is 0 Å². The molecule has 0 radical (unpaired) electrons. The Balaban J connectivity index is 2.72. The smallest absolute Gasteiger partial charge is 0.234 e. The summed E-state index contributed by atoms with van der Waals surface area (Å²) in [7, 11) is 0. The molecular weight excluding hydrogens is 208 g/mol. The molecule has 1 rings (SSSR count). The fourth-order valence-electron chi connectivity index (χ4n) is 1.26. The molecule has 0 saturated heterocycles. The third-order valence-electron chi connectivity index (χ3n) is 2.10. The van der Waals surface area contributed by atoms with Gasteiger partial charge in [0.2, 0.25) is 5.91 Å². The van der Waals surface area contributed by atoms with Crippen LogP contribution in [0.4, 0.5) is 0 Å². The van der Waals surface area contributed by atoms with E-state index < -0.39 is 0 Å². The van der Waals surface area contributed by atoms with Gasteiger partial charge in [-0.1, -0.05) is 12.1 Å². The molecule has 1 amide bonds. The first-order chi connectivity index (χ1) is 7.17. The minimum absolute atomic E-state index is 0.0421. The highest BCUT2D eigenvalue weighted by atomic mass is 32.2. The maximum Gasteiger partial charge on any atom is 0.234 e. The van der Waals surface area contributed by atoms with Crippen molar-refractivity contribution >= 4 is 17.7 Å². The highest BCUT2D eigenvalue weighted by molar-refractivity contribution is 7.98. The van der Waals surface area contributed by atoms with Gasteiger partial charge in [0, 0.05) is 11.4 Å². The van der Waals surface area contributed by atoms with E-state index in [1.807, 2.05) is 18.4 Å². The van der Waals surface area contributed by atoms with Crippen LogP contribution in [0.5, 0.6) is 0 Å². The monoisotopic (exact) mass is 224 g/mol. The Labute approximate surface area is 94.4 Å². The lowest BCUT2D eigenvalue weighted by molar-refractivity contribution is -0.119. The lowest BCUT2D eigenvalue weighted by Crippen LogP contribution is -2.29. The van der Waals surface area contributed by atoms with E-state index in [2.05, 4.69) is 18.3 Å². The maximum atomic E-state index is 11.0. The van der Waals surface area contributed by atoms with Crippen molar-refractivity contribution in [3.05, 3.63) is 29.3 Å². The number of hydrogen-bond donors (Lipinski definition) is 2. The molecule has 0 unspecified atom stereocenters. The standard InChI is InChI=1S/C11H16N2OS/c1-8-3-4-9(10(5-8)15-2)7-13-11(14)6-12/h3-5H,6-7,12H2,1-2H3,(H,13,14). The Kier molecular flexibility index (Phi) is 4.65. The lowest BCUT2D eigenvalue weighted by Gasteiger charge is -2.09. The molecule has 0 bridgehead atoms. The van der Waals surface area contributed by atoms with Crippen molar-refractivity contribution in [1.29, 1.82) is 0 Å². The second-order valence-corrected chi connectivity index (χ2v) is 4.14. The third-order valence-corrected chi connectivity index (χ3v) is 2.92. The van der Waals surface area contributed by atoms with Crippen LogP contribution in [0, 0.1) is 6.92 Å². The maximum absolute atomic E-state index is 11.0. The Morgan fingerprint density at radius 3 is 2.87 bits per heavy atom. The quantitative estimate of drug-likeness (QED) is 0.758. The Bertz CT molecular complexity index is 352. The Hall–Kier alpha value is -1.00. The molecule has 0 saturated carbocycles. The van der Waals surface area contributed by atoms with Gasteiger partial charge in [0.1, 0.15) is 0 Å². The summed E-state index contributed by atoms with van der Waals surface area (Å²) in [6.45, 7) is 2.65. The number of rotatable bonds is 4. The molecule has 0 fully saturated rings. The number of thioether (sulfide) groups is 1. The van der Waals surface area contributed by atoms with Crippen LogP contribution in [-0.4, -0.2) is 18.7 Å². The van der Waals surface area contributed by atoms with E-state index >= 15 is 0 Å². The second-order valence-electron chi connectivity index (χ2n) is 3.30. The normalized spacial score (nSPS) is 10.1. The summed E-state index contributed by atoms with van der Waals surface area (Å²) in [5, 5.41) is 2.77. The first-order valence-electron chi connectivity index (χ1n) is 4.77. The van der Waals surface area contributed by atoms with E-state index in [0.29, 0.717) is 6.54 Å². The molecule has 3 N–H and O–H groups in total. The minimum Gasteiger partial charge on any atom is -0.351 e. The van der Waals surface area contributed by atoms with Crippen molar-refractivity contribution in [2.75, 3.05) is 12.8 Å². The largest absolute Gasteiger partial charge is 0.351 e. The van der Waals surface area contributed by atoms with Crippen LogP contribution >= 0.6 is 11.8 Å². The zero-order valence-electron chi connectivity index (χ0n) is 9.04. The first-order valence-corrected chi connectivity index (χ1v) is 6.00.